The number of hydrogen-bond acceptors (Lipinski definition) is 4. The van der Waals surface area contributed by atoms with Gasteiger partial charge < -0.3 is 19.3 Å². The van der Waals surface area contributed by atoms with Gasteiger partial charge in [0.05, 0.1) is 0 Å². The molecule has 3 fully saturated rings. The van der Waals surface area contributed by atoms with Crippen molar-refractivity contribution in [3.05, 3.63) is 23.3 Å². The van der Waals surface area contributed by atoms with Crippen LogP contribution in [-0.2, 0) is 6.42 Å². The fourth-order valence-electron chi connectivity index (χ4n) is 6.16. The Morgan fingerprint density at radius 3 is 2.68 bits per heavy atom. The van der Waals surface area contributed by atoms with Crippen molar-refractivity contribution in [3.8, 4) is 11.5 Å². The summed E-state index contributed by atoms with van der Waals surface area (Å²) in [5.41, 5.74) is 2.80. The molecule has 0 aliphatic carbocycles. The molecule has 2 amide bonds. The quantitative estimate of drug-likeness (QED) is 0.691. The molecule has 3 saturated heterocycles. The largest absolute Gasteiger partial charge is 0.454 e. The number of nitrogens with zero attached hydrogens (tertiary/aromatic N) is 3. The van der Waals surface area contributed by atoms with E-state index in [4.69, 9.17) is 9.47 Å². The molecular formula is C22H29N3O3. The van der Waals surface area contributed by atoms with Gasteiger partial charge in [0, 0.05) is 44.8 Å². The van der Waals surface area contributed by atoms with Crippen molar-refractivity contribution in [1.29, 1.82) is 0 Å². The van der Waals surface area contributed by atoms with E-state index in [-0.39, 0.29) is 0 Å². The normalized spacial score (nSPS) is 31.4. The molecule has 0 radical (unpaired) electrons. The van der Waals surface area contributed by atoms with Crippen molar-refractivity contribution in [3.63, 3.8) is 0 Å². The summed E-state index contributed by atoms with van der Waals surface area (Å²) in [5, 5.41) is 0. The molecule has 0 N–H and O–H groups in total. The summed E-state index contributed by atoms with van der Waals surface area (Å²) in [4.78, 5) is 20.2. The first-order chi connectivity index (χ1) is 13.8. The van der Waals surface area contributed by atoms with E-state index in [1.807, 2.05) is 0 Å². The van der Waals surface area contributed by atoms with Crippen molar-refractivity contribution in [2.24, 2.45) is 5.92 Å². The number of carbonyl (C=O) groups excluding carboxylic acids is 1. The van der Waals surface area contributed by atoms with Crippen LogP contribution in [-0.4, -0.2) is 66.3 Å². The van der Waals surface area contributed by atoms with Gasteiger partial charge in [0.2, 0.25) is 6.79 Å². The van der Waals surface area contributed by atoms with E-state index >= 15 is 0 Å². The third kappa shape index (κ3) is 2.60. The number of likely N-dealkylation sites (tertiary alicyclic amines) is 2. The Kier molecular flexibility index (Phi) is 3.96. The minimum absolute atomic E-state index is 0.294. The van der Waals surface area contributed by atoms with Crippen LogP contribution in [0.5, 0.6) is 11.5 Å². The van der Waals surface area contributed by atoms with Gasteiger partial charge in [-0.25, -0.2) is 4.79 Å². The highest BCUT2D eigenvalue weighted by molar-refractivity contribution is 5.75. The zero-order valence-corrected chi connectivity index (χ0v) is 16.4. The van der Waals surface area contributed by atoms with E-state index in [0.29, 0.717) is 30.8 Å². The second-order valence-electron chi connectivity index (χ2n) is 9.04. The van der Waals surface area contributed by atoms with Crippen molar-refractivity contribution >= 4 is 6.03 Å². The highest BCUT2D eigenvalue weighted by atomic mass is 16.7. The van der Waals surface area contributed by atoms with Gasteiger partial charge in [-0.15, -0.1) is 0 Å². The van der Waals surface area contributed by atoms with Crippen LogP contribution in [0.4, 0.5) is 4.79 Å². The summed E-state index contributed by atoms with van der Waals surface area (Å²) in [5.74, 6) is 2.40. The van der Waals surface area contributed by atoms with Crippen LogP contribution < -0.4 is 9.47 Å². The maximum atomic E-state index is 13.2. The maximum absolute atomic E-state index is 13.2. The third-order valence-corrected chi connectivity index (χ3v) is 7.58. The zero-order chi connectivity index (χ0) is 18.7. The molecule has 1 aromatic rings. The van der Waals surface area contributed by atoms with Crippen molar-refractivity contribution < 1.29 is 14.3 Å². The summed E-state index contributed by atoms with van der Waals surface area (Å²) in [6.07, 6.45) is 6.85. The summed E-state index contributed by atoms with van der Waals surface area (Å²) < 4.78 is 11.3. The van der Waals surface area contributed by atoms with Crippen molar-refractivity contribution in [1.82, 2.24) is 14.7 Å². The Morgan fingerprint density at radius 1 is 1.00 bits per heavy atom. The number of carbonyl (C=O) groups is 1. The lowest BCUT2D eigenvalue weighted by Gasteiger charge is -2.52. The molecule has 5 heterocycles. The molecule has 0 spiro atoms. The average molecular weight is 383 g/mol. The van der Waals surface area contributed by atoms with Gasteiger partial charge in [-0.05, 0) is 67.7 Å². The first-order valence-corrected chi connectivity index (χ1v) is 11.0. The van der Waals surface area contributed by atoms with Gasteiger partial charge in [0.15, 0.2) is 11.5 Å². The first-order valence-electron chi connectivity index (χ1n) is 11.0. The average Bonchev–Trinajstić information content (AvgIpc) is 3.41. The molecule has 3 unspecified atom stereocenters. The first kappa shape index (κ1) is 17.0. The van der Waals surface area contributed by atoms with E-state index in [9.17, 15) is 4.79 Å². The number of rotatable bonds is 0. The fourth-order valence-corrected chi connectivity index (χ4v) is 6.16. The van der Waals surface area contributed by atoms with Gasteiger partial charge in [-0.2, -0.15) is 0 Å². The van der Waals surface area contributed by atoms with Gasteiger partial charge in [-0.1, -0.05) is 0 Å². The number of benzene rings is 1. The lowest BCUT2D eigenvalue weighted by Crippen LogP contribution is -2.59. The third-order valence-electron chi connectivity index (χ3n) is 7.58. The fraction of sp³-hybridized carbons (Fsp3) is 0.682. The van der Waals surface area contributed by atoms with Crippen molar-refractivity contribution in [2.75, 3.05) is 39.5 Å². The smallest absolute Gasteiger partial charge is 0.320 e. The van der Waals surface area contributed by atoms with Gasteiger partial charge in [0.25, 0.3) is 0 Å². The molecule has 0 aromatic heterocycles. The molecule has 6 rings (SSSR count). The zero-order valence-electron chi connectivity index (χ0n) is 16.4. The van der Waals surface area contributed by atoms with Gasteiger partial charge in [0.1, 0.15) is 0 Å². The Labute approximate surface area is 166 Å². The standard InChI is InChI=1S/C22H29N3O3/c26-22(23-6-1-2-7-23)25-8-3-4-16-13-24-9-5-15-10-20-21(28-14-27-20)11-17(15)19(24)12-18(16)25/h10-11,16,18-19H,1-9,12-14H2. The van der Waals surface area contributed by atoms with E-state index in [1.54, 1.807) is 0 Å². The Hall–Kier alpha value is -1.95. The molecule has 6 nitrogen and oxygen atoms in total. The molecule has 0 saturated carbocycles. The minimum Gasteiger partial charge on any atom is -0.454 e. The Balaban J connectivity index is 1.30. The van der Waals surface area contributed by atoms with E-state index in [0.717, 1.165) is 76.3 Å². The summed E-state index contributed by atoms with van der Waals surface area (Å²) in [6, 6.07) is 5.47. The molecular weight excluding hydrogens is 354 g/mol. The summed E-state index contributed by atoms with van der Waals surface area (Å²) >= 11 is 0. The van der Waals surface area contributed by atoms with Crippen LogP contribution in [0.3, 0.4) is 0 Å². The number of piperidine rings is 2. The van der Waals surface area contributed by atoms with Crippen LogP contribution in [0.2, 0.25) is 0 Å². The SMILES string of the molecule is O=C(N1CCCC1)N1CCCC2CN3CCc4cc5c(cc4C3CC21)OCO5. The molecule has 3 atom stereocenters. The summed E-state index contributed by atoms with van der Waals surface area (Å²) in [6.45, 7) is 5.36. The molecule has 1 aromatic carbocycles. The molecule has 5 aliphatic heterocycles. The highest BCUT2D eigenvalue weighted by Gasteiger charge is 2.45. The van der Waals surface area contributed by atoms with Gasteiger partial charge in [-0.3, -0.25) is 4.90 Å². The predicted octanol–water partition coefficient (Wildman–Crippen LogP) is 3.01. The number of ether oxygens (including phenoxy) is 2. The Morgan fingerprint density at radius 2 is 1.82 bits per heavy atom. The lowest BCUT2D eigenvalue weighted by molar-refractivity contribution is -0.000155. The molecule has 150 valence electrons. The highest BCUT2D eigenvalue weighted by Crippen LogP contribution is 2.46. The van der Waals surface area contributed by atoms with Crippen LogP contribution in [0.15, 0.2) is 12.1 Å². The molecule has 0 bridgehead atoms. The van der Waals surface area contributed by atoms with E-state index < -0.39 is 0 Å². The van der Waals surface area contributed by atoms with Crippen molar-refractivity contribution in [2.45, 2.75) is 50.6 Å². The van der Waals surface area contributed by atoms with Crippen LogP contribution >= 0.6 is 0 Å². The van der Waals surface area contributed by atoms with Crippen LogP contribution in [0, 0.1) is 5.92 Å². The second kappa shape index (κ2) is 6.55. The number of hydrogen-bond donors (Lipinski definition) is 0. The number of fused-ring (bicyclic) bond motifs is 5. The van der Waals surface area contributed by atoms with E-state index in [1.165, 1.54) is 17.5 Å². The van der Waals surface area contributed by atoms with Gasteiger partial charge >= 0.3 is 6.03 Å². The number of amides is 2. The predicted molar refractivity (Wildman–Crippen MR) is 105 cm³/mol. The van der Waals surface area contributed by atoms with Crippen LogP contribution in [0.25, 0.3) is 0 Å². The second-order valence-corrected chi connectivity index (χ2v) is 9.04. The number of urea groups is 1. The lowest BCUT2D eigenvalue weighted by atomic mass is 9.76. The molecule has 5 aliphatic rings. The summed E-state index contributed by atoms with van der Waals surface area (Å²) in [7, 11) is 0. The van der Waals surface area contributed by atoms with E-state index in [2.05, 4.69) is 26.8 Å². The topological polar surface area (TPSA) is 45.3 Å². The molecule has 28 heavy (non-hydrogen) atoms. The molecule has 6 heteroatoms. The van der Waals surface area contributed by atoms with Crippen LogP contribution in [0.1, 0.15) is 49.3 Å². The Bertz CT molecular complexity index is 791. The minimum atomic E-state index is 0.294. The maximum Gasteiger partial charge on any atom is 0.320 e. The monoisotopic (exact) mass is 383 g/mol.